The second-order valence-electron chi connectivity index (χ2n) is 8.21. The molecule has 0 aliphatic carbocycles. The minimum atomic E-state index is 1.14. The highest BCUT2D eigenvalue weighted by molar-refractivity contribution is 6.07. The van der Waals surface area contributed by atoms with E-state index in [1.807, 2.05) is 0 Å². The lowest BCUT2D eigenvalue weighted by Crippen LogP contribution is -2.30. The zero-order valence-corrected chi connectivity index (χ0v) is 18.6. The maximum Gasteiger partial charge on any atom is 0.213 e. The van der Waals surface area contributed by atoms with Crippen molar-refractivity contribution in [2.24, 2.45) is 7.05 Å². The molecule has 0 saturated carbocycles. The Morgan fingerprint density at radius 1 is 0.667 bits per heavy atom. The molecule has 0 saturated heterocycles. The summed E-state index contributed by atoms with van der Waals surface area (Å²) < 4.78 is 2.31. The molecule has 2 nitrogen and oxygen atoms in total. The van der Waals surface area contributed by atoms with Crippen molar-refractivity contribution in [1.82, 2.24) is 0 Å². The molecule has 0 atom stereocenters. The molecule has 0 N–H and O–H groups in total. The number of aromatic nitrogens is 1. The van der Waals surface area contributed by atoms with Crippen molar-refractivity contribution in [2.75, 3.05) is 18.0 Å². The number of pyridine rings is 1. The van der Waals surface area contributed by atoms with Crippen LogP contribution in [0.15, 0.2) is 72.8 Å². The van der Waals surface area contributed by atoms with Gasteiger partial charge >= 0.3 is 0 Å². The summed E-state index contributed by atoms with van der Waals surface area (Å²) in [6.07, 6.45) is 4.96. The quantitative estimate of drug-likeness (QED) is 0.232. The molecule has 0 unspecified atom stereocenters. The Bertz CT molecular complexity index is 1060. The van der Waals surface area contributed by atoms with Crippen LogP contribution in [0.2, 0.25) is 0 Å². The van der Waals surface area contributed by atoms with Gasteiger partial charge in [-0.15, -0.1) is 0 Å². The third-order valence-corrected chi connectivity index (χ3v) is 6.15. The lowest BCUT2D eigenvalue weighted by atomic mass is 9.95. The highest BCUT2D eigenvalue weighted by Gasteiger charge is 2.18. The average Bonchev–Trinajstić information content (AvgIpc) is 2.80. The van der Waals surface area contributed by atoms with E-state index >= 15 is 0 Å². The molecule has 0 amide bonds. The van der Waals surface area contributed by atoms with Gasteiger partial charge in [-0.2, -0.15) is 4.57 Å². The number of benzene rings is 3. The lowest BCUT2D eigenvalue weighted by Gasteiger charge is -2.25. The van der Waals surface area contributed by atoms with Crippen LogP contribution in [-0.2, 0) is 7.05 Å². The highest BCUT2D eigenvalue weighted by Crippen LogP contribution is 2.34. The standard InChI is InChI=1S/C28H33N2/c1-4-6-20-30(21-7-5-2)23-18-16-22(17-19-23)28-24-12-8-10-14-26(24)29(3)27-15-11-9-13-25(27)28/h8-19H,4-7,20-21H2,1-3H3/q+1. The van der Waals surface area contributed by atoms with Crippen molar-refractivity contribution in [3.63, 3.8) is 0 Å². The molecule has 1 heterocycles. The van der Waals surface area contributed by atoms with Crippen LogP contribution in [0.1, 0.15) is 39.5 Å². The van der Waals surface area contributed by atoms with Gasteiger partial charge in [0.05, 0.1) is 10.8 Å². The van der Waals surface area contributed by atoms with Gasteiger partial charge in [0.2, 0.25) is 11.0 Å². The van der Waals surface area contributed by atoms with Crippen LogP contribution >= 0.6 is 0 Å². The summed E-state index contributed by atoms with van der Waals surface area (Å²) in [4.78, 5) is 2.55. The fourth-order valence-electron chi connectivity index (χ4n) is 4.45. The van der Waals surface area contributed by atoms with Crippen molar-refractivity contribution in [3.8, 4) is 11.1 Å². The van der Waals surface area contributed by atoms with Gasteiger partial charge in [0, 0.05) is 36.5 Å². The summed E-state index contributed by atoms with van der Waals surface area (Å²) in [5.74, 6) is 0. The molecular formula is C28H33N2+. The number of unbranched alkanes of at least 4 members (excludes halogenated alkanes) is 2. The summed E-state index contributed by atoms with van der Waals surface area (Å²) in [6, 6.07) is 26.7. The third-order valence-electron chi connectivity index (χ3n) is 6.15. The van der Waals surface area contributed by atoms with E-state index in [1.165, 1.54) is 64.3 Å². The fourth-order valence-corrected chi connectivity index (χ4v) is 4.45. The van der Waals surface area contributed by atoms with Crippen molar-refractivity contribution >= 4 is 27.5 Å². The Balaban J connectivity index is 1.81. The molecule has 0 fully saturated rings. The zero-order chi connectivity index (χ0) is 20.9. The first-order valence-corrected chi connectivity index (χ1v) is 11.4. The largest absolute Gasteiger partial charge is 0.372 e. The third kappa shape index (κ3) is 3.92. The smallest absolute Gasteiger partial charge is 0.213 e. The number of anilines is 1. The highest BCUT2D eigenvalue weighted by atomic mass is 15.1. The second-order valence-corrected chi connectivity index (χ2v) is 8.21. The van der Waals surface area contributed by atoms with Crippen LogP contribution in [0.5, 0.6) is 0 Å². The lowest BCUT2D eigenvalue weighted by molar-refractivity contribution is -0.617. The summed E-state index contributed by atoms with van der Waals surface area (Å²) >= 11 is 0. The summed E-state index contributed by atoms with van der Waals surface area (Å²) in [6.45, 7) is 6.82. The first-order valence-electron chi connectivity index (χ1n) is 11.4. The van der Waals surface area contributed by atoms with Gasteiger partial charge < -0.3 is 4.90 Å². The topological polar surface area (TPSA) is 7.12 Å². The van der Waals surface area contributed by atoms with E-state index in [0.717, 1.165) is 13.1 Å². The molecule has 4 rings (SSSR count). The number of hydrogen-bond donors (Lipinski definition) is 0. The maximum absolute atomic E-state index is 2.55. The van der Waals surface area contributed by atoms with Gasteiger partial charge in [-0.05, 0) is 42.7 Å². The van der Waals surface area contributed by atoms with Gasteiger partial charge in [0.15, 0.2) is 0 Å². The molecule has 0 radical (unpaired) electrons. The molecule has 0 bridgehead atoms. The minimum Gasteiger partial charge on any atom is -0.372 e. The van der Waals surface area contributed by atoms with Gasteiger partial charge in [-0.25, -0.2) is 0 Å². The average molecular weight is 398 g/mol. The monoisotopic (exact) mass is 397 g/mol. The zero-order valence-electron chi connectivity index (χ0n) is 18.6. The first kappa shape index (κ1) is 20.4. The molecule has 4 aromatic rings. The SMILES string of the molecule is CCCCN(CCCC)c1ccc(-c2c3ccccc3[n+](C)c3ccccc23)cc1. The molecule has 0 spiro atoms. The first-order chi connectivity index (χ1) is 14.7. The summed E-state index contributed by atoms with van der Waals surface area (Å²) in [5.41, 5.74) is 6.50. The van der Waals surface area contributed by atoms with E-state index in [9.17, 15) is 0 Å². The predicted molar refractivity (Wildman–Crippen MR) is 130 cm³/mol. The maximum atomic E-state index is 2.55. The Morgan fingerprint density at radius 3 is 1.67 bits per heavy atom. The summed E-state index contributed by atoms with van der Waals surface area (Å²) in [5, 5.41) is 2.61. The molecule has 0 aliphatic heterocycles. The van der Waals surface area contributed by atoms with Gasteiger partial charge in [0.1, 0.15) is 7.05 Å². The Kier molecular flexibility index (Phi) is 6.32. The predicted octanol–water partition coefficient (Wildman–Crippen LogP) is 6.89. The van der Waals surface area contributed by atoms with Crippen molar-refractivity contribution in [3.05, 3.63) is 72.8 Å². The van der Waals surface area contributed by atoms with Crippen LogP contribution in [0.4, 0.5) is 5.69 Å². The van der Waals surface area contributed by atoms with Gasteiger partial charge in [-0.1, -0.05) is 63.1 Å². The molecule has 2 heteroatoms. The molecule has 1 aromatic heterocycles. The molecule has 30 heavy (non-hydrogen) atoms. The fraction of sp³-hybridized carbons (Fsp3) is 0.321. The molecular weight excluding hydrogens is 364 g/mol. The molecule has 0 aliphatic rings. The van der Waals surface area contributed by atoms with E-state index in [0.29, 0.717) is 0 Å². The summed E-state index contributed by atoms with van der Waals surface area (Å²) in [7, 11) is 2.16. The number of aryl methyl sites for hydroxylation is 1. The van der Waals surface area contributed by atoms with Crippen LogP contribution in [0, 0.1) is 0 Å². The van der Waals surface area contributed by atoms with E-state index in [1.54, 1.807) is 0 Å². The van der Waals surface area contributed by atoms with Crippen molar-refractivity contribution < 1.29 is 4.57 Å². The van der Waals surface area contributed by atoms with E-state index in [4.69, 9.17) is 0 Å². The van der Waals surface area contributed by atoms with E-state index < -0.39 is 0 Å². The number of hydrogen-bond acceptors (Lipinski definition) is 1. The van der Waals surface area contributed by atoms with Gasteiger partial charge in [0.25, 0.3) is 0 Å². The van der Waals surface area contributed by atoms with E-state index in [-0.39, 0.29) is 0 Å². The number of nitrogens with zero attached hydrogens (tertiary/aromatic N) is 2. The molecule has 154 valence electrons. The van der Waals surface area contributed by atoms with Gasteiger partial charge in [-0.3, -0.25) is 0 Å². The molecule has 3 aromatic carbocycles. The van der Waals surface area contributed by atoms with Crippen LogP contribution in [0.25, 0.3) is 32.9 Å². The Hall–Kier alpha value is -2.87. The van der Waals surface area contributed by atoms with Crippen molar-refractivity contribution in [1.29, 1.82) is 0 Å². The Morgan fingerprint density at radius 2 is 1.17 bits per heavy atom. The second kappa shape index (κ2) is 9.30. The number of fused-ring (bicyclic) bond motifs is 2. The number of para-hydroxylation sites is 2. The van der Waals surface area contributed by atoms with Crippen LogP contribution < -0.4 is 9.47 Å². The van der Waals surface area contributed by atoms with Crippen LogP contribution in [-0.4, -0.2) is 13.1 Å². The Labute approximate surface area is 180 Å². The minimum absolute atomic E-state index is 1.14. The normalized spacial score (nSPS) is 11.3. The van der Waals surface area contributed by atoms with Crippen LogP contribution in [0.3, 0.4) is 0 Å². The van der Waals surface area contributed by atoms with Crippen molar-refractivity contribution in [2.45, 2.75) is 39.5 Å². The van der Waals surface area contributed by atoms with E-state index in [2.05, 4.69) is 103 Å². The number of rotatable bonds is 8.